The van der Waals surface area contributed by atoms with Gasteiger partial charge in [-0.2, -0.15) is 0 Å². The van der Waals surface area contributed by atoms with E-state index in [4.69, 9.17) is 0 Å². The highest BCUT2D eigenvalue weighted by atomic mass is 15.2. The Hall–Kier alpha value is -0.790. The third-order valence-electron chi connectivity index (χ3n) is 7.60. The minimum Gasteiger partial charge on any atom is -0.234 e. The highest BCUT2D eigenvalue weighted by Crippen LogP contribution is 2.15. The smallest absolute Gasteiger partial charge is 0.234 e. The van der Waals surface area contributed by atoms with Crippen molar-refractivity contribution >= 4 is 0 Å². The Labute approximate surface area is 215 Å². The van der Waals surface area contributed by atoms with Gasteiger partial charge in [0.15, 0.2) is 0 Å². The van der Waals surface area contributed by atoms with Crippen LogP contribution in [0.4, 0.5) is 0 Å². The molecule has 2 nitrogen and oxygen atoms in total. The maximum absolute atomic E-state index is 2.57. The van der Waals surface area contributed by atoms with Gasteiger partial charge in [-0.3, -0.25) is 0 Å². The lowest BCUT2D eigenvalue weighted by Crippen LogP contribution is -2.37. The van der Waals surface area contributed by atoms with Crippen molar-refractivity contribution in [1.29, 1.82) is 0 Å². The number of hydrogen-bond acceptors (Lipinski definition) is 0. The van der Waals surface area contributed by atoms with E-state index in [1.165, 1.54) is 154 Å². The van der Waals surface area contributed by atoms with Crippen LogP contribution in [0.5, 0.6) is 0 Å². The van der Waals surface area contributed by atoms with E-state index >= 15 is 0 Å². The molecule has 2 heteroatoms. The molecule has 1 rings (SSSR count). The van der Waals surface area contributed by atoms with E-state index in [9.17, 15) is 0 Å². The maximum Gasteiger partial charge on any atom is 0.256 e. The lowest BCUT2D eigenvalue weighted by atomic mass is 10.0. The fraction of sp³-hybridized carbons (Fsp3) is 0.906. The summed E-state index contributed by atoms with van der Waals surface area (Å²) >= 11 is 0. The van der Waals surface area contributed by atoms with Crippen molar-refractivity contribution < 1.29 is 4.57 Å². The van der Waals surface area contributed by atoms with Crippen LogP contribution >= 0.6 is 0 Å². The molecule has 0 saturated carbocycles. The number of aromatic nitrogens is 2. The first kappa shape index (κ1) is 31.2. The summed E-state index contributed by atoms with van der Waals surface area (Å²) in [4.78, 5) is 0. The van der Waals surface area contributed by atoms with Gasteiger partial charge >= 0.3 is 0 Å². The second-order valence-electron chi connectivity index (χ2n) is 11.2. The fourth-order valence-electron chi connectivity index (χ4n) is 5.31. The van der Waals surface area contributed by atoms with Crippen molar-refractivity contribution in [3.63, 3.8) is 0 Å². The minimum atomic E-state index is 0.571. The molecular weight excluding hydrogens is 412 g/mol. The van der Waals surface area contributed by atoms with Crippen LogP contribution in [-0.4, -0.2) is 4.57 Å². The topological polar surface area (TPSA) is 8.81 Å². The van der Waals surface area contributed by atoms with Crippen LogP contribution in [0.1, 0.15) is 181 Å². The average Bonchev–Trinajstić information content (AvgIpc) is 3.24. The first-order chi connectivity index (χ1) is 16.7. The SMILES string of the molecule is CCCCCCCCCCCCCCc1n(C(C)C)cc[n+]1CCCCCCCCCCCC. The summed E-state index contributed by atoms with van der Waals surface area (Å²) in [5, 5.41) is 0. The molecule has 1 aromatic heterocycles. The highest BCUT2D eigenvalue weighted by Gasteiger charge is 2.18. The number of hydrogen-bond donors (Lipinski definition) is 0. The molecule has 0 radical (unpaired) electrons. The molecule has 0 spiro atoms. The number of imidazole rings is 1. The molecule has 0 aliphatic rings. The maximum atomic E-state index is 2.57. The van der Waals surface area contributed by atoms with Crippen LogP contribution < -0.4 is 4.57 Å². The average molecular weight is 476 g/mol. The van der Waals surface area contributed by atoms with Crippen LogP contribution in [0.25, 0.3) is 0 Å². The molecule has 0 atom stereocenters. The zero-order chi connectivity index (χ0) is 24.7. The van der Waals surface area contributed by atoms with Crippen LogP contribution in [-0.2, 0) is 13.0 Å². The Kier molecular flexibility index (Phi) is 20.8. The van der Waals surface area contributed by atoms with Gasteiger partial charge in [0.05, 0.1) is 12.6 Å². The van der Waals surface area contributed by atoms with Gasteiger partial charge in [0, 0.05) is 6.42 Å². The Morgan fingerprint density at radius 2 is 0.941 bits per heavy atom. The van der Waals surface area contributed by atoms with Crippen LogP contribution in [0, 0.1) is 0 Å². The molecular formula is C32H63N2+. The second kappa shape index (κ2) is 22.7. The molecule has 1 heterocycles. The number of rotatable bonds is 25. The van der Waals surface area contributed by atoms with Gasteiger partial charge in [0.2, 0.25) is 0 Å². The molecule has 1 aromatic rings. The van der Waals surface area contributed by atoms with Gasteiger partial charge < -0.3 is 0 Å². The lowest BCUT2D eigenvalue weighted by molar-refractivity contribution is -0.704. The van der Waals surface area contributed by atoms with E-state index in [0.717, 1.165) is 0 Å². The van der Waals surface area contributed by atoms with Gasteiger partial charge in [-0.05, 0) is 33.1 Å². The summed E-state index contributed by atoms with van der Waals surface area (Å²) in [6.45, 7) is 10.5. The zero-order valence-corrected chi connectivity index (χ0v) is 24.1. The largest absolute Gasteiger partial charge is 0.256 e. The zero-order valence-electron chi connectivity index (χ0n) is 24.1. The number of aryl methyl sites for hydroxylation is 1. The molecule has 34 heavy (non-hydrogen) atoms. The lowest BCUT2D eigenvalue weighted by Gasteiger charge is -2.08. The van der Waals surface area contributed by atoms with E-state index in [1.807, 2.05) is 0 Å². The summed E-state index contributed by atoms with van der Waals surface area (Å²) in [5.41, 5.74) is 0. The quantitative estimate of drug-likeness (QED) is 0.0981. The van der Waals surface area contributed by atoms with E-state index in [-0.39, 0.29) is 0 Å². The molecule has 0 amide bonds. The Morgan fingerprint density at radius 1 is 0.559 bits per heavy atom. The standard InChI is InChI=1S/C32H63N2/c1-5-7-9-11-13-15-17-18-19-21-23-25-27-32-33(29-30-34(32)31(3)4)28-26-24-22-20-16-14-12-10-8-6-2/h29-31H,5-28H2,1-4H3/q+1. The Morgan fingerprint density at radius 3 is 1.35 bits per heavy atom. The molecule has 0 aromatic carbocycles. The van der Waals surface area contributed by atoms with Crippen molar-refractivity contribution in [2.75, 3.05) is 0 Å². The summed E-state index contributed by atoms with van der Waals surface area (Å²) in [6.07, 6.45) is 37.3. The third kappa shape index (κ3) is 16.0. The molecule has 0 unspecified atom stereocenters. The summed E-state index contributed by atoms with van der Waals surface area (Å²) in [5.74, 6) is 1.57. The monoisotopic (exact) mass is 475 g/mol. The molecule has 0 aliphatic carbocycles. The third-order valence-corrected chi connectivity index (χ3v) is 7.60. The van der Waals surface area contributed by atoms with Crippen molar-refractivity contribution in [3.8, 4) is 0 Å². The minimum absolute atomic E-state index is 0.571. The summed E-state index contributed by atoms with van der Waals surface area (Å²) in [6, 6.07) is 0.571. The first-order valence-corrected chi connectivity index (χ1v) is 15.8. The van der Waals surface area contributed by atoms with Crippen molar-refractivity contribution in [3.05, 3.63) is 18.2 Å². The van der Waals surface area contributed by atoms with Gasteiger partial charge in [-0.25, -0.2) is 9.13 Å². The van der Waals surface area contributed by atoms with Gasteiger partial charge in [0.25, 0.3) is 5.82 Å². The van der Waals surface area contributed by atoms with Crippen molar-refractivity contribution in [2.24, 2.45) is 0 Å². The predicted molar refractivity (Wildman–Crippen MR) is 152 cm³/mol. The molecule has 0 fully saturated rings. The van der Waals surface area contributed by atoms with Gasteiger partial charge in [-0.1, -0.05) is 136 Å². The van der Waals surface area contributed by atoms with E-state index in [0.29, 0.717) is 6.04 Å². The van der Waals surface area contributed by atoms with Crippen LogP contribution in [0.3, 0.4) is 0 Å². The second-order valence-corrected chi connectivity index (χ2v) is 11.2. The number of nitrogens with zero attached hydrogens (tertiary/aromatic N) is 2. The van der Waals surface area contributed by atoms with E-state index in [2.05, 4.69) is 49.2 Å². The van der Waals surface area contributed by atoms with Gasteiger partial charge in [-0.15, -0.1) is 0 Å². The van der Waals surface area contributed by atoms with E-state index < -0.39 is 0 Å². The van der Waals surface area contributed by atoms with Crippen molar-refractivity contribution in [1.82, 2.24) is 4.57 Å². The Bertz CT molecular complexity index is 545. The molecule has 0 bridgehead atoms. The highest BCUT2D eigenvalue weighted by molar-refractivity contribution is 4.86. The van der Waals surface area contributed by atoms with Crippen LogP contribution in [0.15, 0.2) is 12.4 Å². The van der Waals surface area contributed by atoms with Crippen molar-refractivity contribution in [2.45, 2.75) is 188 Å². The molecule has 0 saturated heterocycles. The summed E-state index contributed by atoms with van der Waals surface area (Å²) < 4.78 is 5.10. The summed E-state index contributed by atoms with van der Waals surface area (Å²) in [7, 11) is 0. The Balaban J connectivity index is 2.14. The molecule has 0 N–H and O–H groups in total. The predicted octanol–water partition coefficient (Wildman–Crippen LogP) is 10.5. The normalized spacial score (nSPS) is 11.7. The molecule has 200 valence electrons. The van der Waals surface area contributed by atoms with Crippen LogP contribution in [0.2, 0.25) is 0 Å². The molecule has 0 aliphatic heterocycles. The van der Waals surface area contributed by atoms with Gasteiger partial charge in [0.1, 0.15) is 12.4 Å². The number of unbranched alkanes of at least 4 members (excludes halogenated alkanes) is 20. The van der Waals surface area contributed by atoms with E-state index in [1.54, 1.807) is 5.82 Å². The fourth-order valence-corrected chi connectivity index (χ4v) is 5.31. The first-order valence-electron chi connectivity index (χ1n) is 15.8.